The molecule has 0 aliphatic heterocycles. The second kappa shape index (κ2) is 5.07. The van der Waals surface area contributed by atoms with Gasteiger partial charge in [0.15, 0.2) is 0 Å². The van der Waals surface area contributed by atoms with Crippen molar-refractivity contribution in [3.63, 3.8) is 0 Å². The lowest BCUT2D eigenvalue weighted by atomic mass is 10.3. The number of aromatic nitrogens is 1. The Bertz CT molecular complexity index is 671. The van der Waals surface area contributed by atoms with E-state index in [0.29, 0.717) is 10.3 Å². The minimum atomic E-state index is -3.60. The standard InChI is InChI=1S/C12H11BrN2O2S/c1-9-5-6-14-12(7-9)15-18(16,17)11-4-2-3-10(13)8-11/h2-8H,1H3,(H,14,15). The van der Waals surface area contributed by atoms with E-state index in [9.17, 15) is 8.42 Å². The highest BCUT2D eigenvalue weighted by Gasteiger charge is 2.14. The van der Waals surface area contributed by atoms with Crippen molar-refractivity contribution >= 4 is 31.8 Å². The molecule has 0 aliphatic carbocycles. The van der Waals surface area contributed by atoms with E-state index in [1.807, 2.05) is 6.92 Å². The maximum atomic E-state index is 12.1. The van der Waals surface area contributed by atoms with Crippen LogP contribution >= 0.6 is 15.9 Å². The molecule has 2 aromatic rings. The Labute approximate surface area is 114 Å². The molecule has 1 aromatic carbocycles. The summed E-state index contributed by atoms with van der Waals surface area (Å²) in [7, 11) is -3.60. The van der Waals surface area contributed by atoms with E-state index >= 15 is 0 Å². The fourth-order valence-corrected chi connectivity index (χ4v) is 3.02. The third-order valence-corrected chi connectivity index (χ3v) is 4.11. The molecule has 0 bridgehead atoms. The molecule has 1 aromatic heterocycles. The Kier molecular flexibility index (Phi) is 3.68. The number of nitrogens with zero attached hydrogens (tertiary/aromatic N) is 1. The minimum absolute atomic E-state index is 0.195. The molecule has 0 unspecified atom stereocenters. The normalized spacial score (nSPS) is 11.2. The minimum Gasteiger partial charge on any atom is -0.263 e. The second-order valence-electron chi connectivity index (χ2n) is 3.78. The van der Waals surface area contributed by atoms with Crippen molar-refractivity contribution in [3.05, 3.63) is 52.6 Å². The van der Waals surface area contributed by atoms with Gasteiger partial charge in [0.1, 0.15) is 5.82 Å². The van der Waals surface area contributed by atoms with E-state index in [1.54, 1.807) is 30.5 Å². The summed E-state index contributed by atoms with van der Waals surface area (Å²) in [6.45, 7) is 1.87. The number of benzene rings is 1. The summed E-state index contributed by atoms with van der Waals surface area (Å²) < 4.78 is 27.3. The van der Waals surface area contributed by atoms with Crippen LogP contribution in [0.3, 0.4) is 0 Å². The van der Waals surface area contributed by atoms with E-state index in [-0.39, 0.29) is 4.90 Å². The van der Waals surface area contributed by atoms with Gasteiger partial charge in [-0.25, -0.2) is 13.4 Å². The van der Waals surface area contributed by atoms with Gasteiger partial charge in [0, 0.05) is 10.7 Å². The van der Waals surface area contributed by atoms with Gasteiger partial charge >= 0.3 is 0 Å². The maximum absolute atomic E-state index is 12.1. The van der Waals surface area contributed by atoms with Crippen LogP contribution in [0.4, 0.5) is 5.82 Å². The van der Waals surface area contributed by atoms with Crippen LogP contribution in [-0.2, 0) is 10.0 Å². The molecule has 1 heterocycles. The fraction of sp³-hybridized carbons (Fsp3) is 0.0833. The number of rotatable bonds is 3. The van der Waals surface area contributed by atoms with E-state index in [1.165, 1.54) is 12.1 Å². The van der Waals surface area contributed by atoms with Gasteiger partial charge in [-0.15, -0.1) is 0 Å². The molecule has 4 nitrogen and oxygen atoms in total. The quantitative estimate of drug-likeness (QED) is 0.943. The molecule has 18 heavy (non-hydrogen) atoms. The smallest absolute Gasteiger partial charge is 0.263 e. The molecule has 94 valence electrons. The maximum Gasteiger partial charge on any atom is 0.263 e. The van der Waals surface area contributed by atoms with Crippen LogP contribution in [-0.4, -0.2) is 13.4 Å². The summed E-state index contributed by atoms with van der Waals surface area (Å²) in [6.07, 6.45) is 1.56. The van der Waals surface area contributed by atoms with Gasteiger partial charge in [-0.05, 0) is 42.8 Å². The first-order valence-electron chi connectivity index (χ1n) is 5.18. The van der Waals surface area contributed by atoms with Crippen LogP contribution in [0.2, 0.25) is 0 Å². The Morgan fingerprint density at radius 3 is 2.67 bits per heavy atom. The lowest BCUT2D eigenvalue weighted by Gasteiger charge is -2.07. The number of aryl methyl sites for hydroxylation is 1. The predicted molar refractivity (Wildman–Crippen MR) is 73.9 cm³/mol. The summed E-state index contributed by atoms with van der Waals surface area (Å²) in [4.78, 5) is 4.17. The molecule has 0 spiro atoms. The van der Waals surface area contributed by atoms with Crippen LogP contribution in [0.25, 0.3) is 0 Å². The first-order valence-corrected chi connectivity index (χ1v) is 7.46. The second-order valence-corrected chi connectivity index (χ2v) is 6.38. The zero-order valence-electron chi connectivity index (χ0n) is 9.59. The predicted octanol–water partition coefficient (Wildman–Crippen LogP) is 2.95. The molecular formula is C12H11BrN2O2S. The number of hydrogen-bond acceptors (Lipinski definition) is 3. The largest absolute Gasteiger partial charge is 0.263 e. The molecule has 0 fully saturated rings. The van der Waals surface area contributed by atoms with Crippen molar-refractivity contribution in [2.75, 3.05) is 4.72 Å². The molecule has 1 N–H and O–H groups in total. The van der Waals surface area contributed by atoms with Gasteiger partial charge in [-0.2, -0.15) is 0 Å². The Morgan fingerprint density at radius 2 is 2.00 bits per heavy atom. The first-order chi connectivity index (χ1) is 8.47. The summed E-state index contributed by atoms with van der Waals surface area (Å²) in [5.41, 5.74) is 0.942. The number of halogens is 1. The molecule has 0 aliphatic rings. The van der Waals surface area contributed by atoms with Crippen molar-refractivity contribution in [1.82, 2.24) is 4.98 Å². The van der Waals surface area contributed by atoms with Gasteiger partial charge in [0.2, 0.25) is 0 Å². The number of sulfonamides is 1. The Morgan fingerprint density at radius 1 is 1.22 bits per heavy atom. The number of anilines is 1. The van der Waals surface area contributed by atoms with Gasteiger partial charge in [0.05, 0.1) is 4.90 Å². The van der Waals surface area contributed by atoms with Crippen LogP contribution in [0.1, 0.15) is 5.56 Å². The van der Waals surface area contributed by atoms with Crippen LogP contribution in [0.15, 0.2) is 52.0 Å². The van der Waals surface area contributed by atoms with Crippen LogP contribution < -0.4 is 4.72 Å². The van der Waals surface area contributed by atoms with E-state index in [4.69, 9.17) is 0 Å². The van der Waals surface area contributed by atoms with Crippen molar-refractivity contribution in [1.29, 1.82) is 0 Å². The lowest BCUT2D eigenvalue weighted by molar-refractivity contribution is 0.601. The number of pyridine rings is 1. The zero-order valence-corrected chi connectivity index (χ0v) is 12.0. The molecule has 0 saturated carbocycles. The number of nitrogens with one attached hydrogen (secondary N) is 1. The molecule has 0 radical (unpaired) electrons. The topological polar surface area (TPSA) is 59.1 Å². The lowest BCUT2D eigenvalue weighted by Crippen LogP contribution is -2.13. The van der Waals surface area contributed by atoms with E-state index in [0.717, 1.165) is 5.56 Å². The highest BCUT2D eigenvalue weighted by molar-refractivity contribution is 9.10. The van der Waals surface area contributed by atoms with Gasteiger partial charge in [-0.1, -0.05) is 22.0 Å². The fourth-order valence-electron chi connectivity index (χ4n) is 1.42. The Hall–Kier alpha value is -1.40. The molecule has 6 heteroatoms. The summed E-state index contributed by atoms with van der Waals surface area (Å²) in [5, 5.41) is 0. The molecule has 0 saturated heterocycles. The van der Waals surface area contributed by atoms with E-state index < -0.39 is 10.0 Å². The van der Waals surface area contributed by atoms with Crippen molar-refractivity contribution < 1.29 is 8.42 Å². The zero-order chi connectivity index (χ0) is 13.2. The highest BCUT2D eigenvalue weighted by Crippen LogP contribution is 2.18. The van der Waals surface area contributed by atoms with Crippen molar-refractivity contribution in [2.45, 2.75) is 11.8 Å². The summed E-state index contributed by atoms with van der Waals surface area (Å²) in [5.74, 6) is 0.315. The third kappa shape index (κ3) is 3.08. The van der Waals surface area contributed by atoms with E-state index in [2.05, 4.69) is 25.6 Å². The van der Waals surface area contributed by atoms with Crippen molar-refractivity contribution in [2.24, 2.45) is 0 Å². The van der Waals surface area contributed by atoms with Crippen molar-refractivity contribution in [3.8, 4) is 0 Å². The third-order valence-electron chi connectivity index (χ3n) is 2.26. The molecule has 0 atom stereocenters. The first kappa shape index (κ1) is 13.0. The molecule has 2 rings (SSSR count). The SMILES string of the molecule is Cc1ccnc(NS(=O)(=O)c2cccc(Br)c2)c1. The monoisotopic (exact) mass is 326 g/mol. The average Bonchev–Trinajstić information content (AvgIpc) is 2.28. The summed E-state index contributed by atoms with van der Waals surface area (Å²) >= 11 is 3.24. The van der Waals surface area contributed by atoms with Gasteiger partial charge in [0.25, 0.3) is 10.0 Å². The van der Waals surface area contributed by atoms with Gasteiger partial charge < -0.3 is 0 Å². The average molecular weight is 327 g/mol. The molecular weight excluding hydrogens is 316 g/mol. The molecule has 0 amide bonds. The summed E-state index contributed by atoms with van der Waals surface area (Å²) in [6, 6.07) is 9.99. The number of hydrogen-bond donors (Lipinski definition) is 1. The van der Waals surface area contributed by atoms with Crippen LogP contribution in [0, 0.1) is 6.92 Å². The van der Waals surface area contributed by atoms with Crippen LogP contribution in [0.5, 0.6) is 0 Å². The van der Waals surface area contributed by atoms with Gasteiger partial charge in [-0.3, -0.25) is 4.72 Å². The highest BCUT2D eigenvalue weighted by atomic mass is 79.9. The Balaban J connectivity index is 2.33.